The van der Waals surface area contributed by atoms with Crippen LogP contribution in [0.4, 0.5) is 0 Å². The van der Waals surface area contributed by atoms with E-state index in [0.29, 0.717) is 30.7 Å². The van der Waals surface area contributed by atoms with Crippen LogP contribution in [0.3, 0.4) is 0 Å². The third kappa shape index (κ3) is 6.33. The van der Waals surface area contributed by atoms with Gasteiger partial charge in [0.2, 0.25) is 5.91 Å². The average molecular weight is 369 g/mol. The fourth-order valence-electron chi connectivity index (χ4n) is 3.15. The highest BCUT2D eigenvalue weighted by Gasteiger charge is 2.24. The first-order valence-corrected chi connectivity index (χ1v) is 8.72. The summed E-state index contributed by atoms with van der Waals surface area (Å²) in [5.74, 6) is 1.48. The molecule has 1 aliphatic heterocycles. The Bertz CT molecular complexity index is 552. The molecule has 0 radical (unpaired) electrons. The monoisotopic (exact) mass is 368 g/mol. The number of amides is 1. The molecule has 25 heavy (non-hydrogen) atoms. The number of methoxy groups -OCH3 is 1. The van der Waals surface area contributed by atoms with E-state index in [9.17, 15) is 9.59 Å². The number of hydrogen-bond donors (Lipinski definition) is 1. The number of nitrogens with two attached hydrogens (primary N) is 1. The Morgan fingerprint density at radius 3 is 2.32 bits per heavy atom. The summed E-state index contributed by atoms with van der Waals surface area (Å²) in [6.07, 6.45) is 3.39. The van der Waals surface area contributed by atoms with Crippen LogP contribution in [0, 0.1) is 5.92 Å². The normalized spacial score (nSPS) is 16.0. The molecule has 1 unspecified atom stereocenters. The highest BCUT2D eigenvalue weighted by Crippen LogP contribution is 2.20. The lowest BCUT2D eigenvalue weighted by atomic mass is 9.91. The molecule has 0 spiro atoms. The van der Waals surface area contributed by atoms with Crippen molar-refractivity contribution in [1.29, 1.82) is 0 Å². The molecule has 1 aromatic carbocycles. The molecule has 1 fully saturated rings. The van der Waals surface area contributed by atoms with Crippen molar-refractivity contribution in [2.45, 2.75) is 45.1 Å². The molecule has 1 heterocycles. The molecule has 1 aromatic rings. The Morgan fingerprint density at radius 2 is 1.80 bits per heavy atom. The van der Waals surface area contributed by atoms with Crippen molar-refractivity contribution in [3.8, 4) is 5.75 Å². The Hall–Kier alpha value is -1.59. The largest absolute Gasteiger partial charge is 0.497 e. The molecule has 2 rings (SSSR count). The van der Waals surface area contributed by atoms with Gasteiger partial charge in [0.1, 0.15) is 5.75 Å². The standard InChI is InChI=1S/C19H28N2O3.ClH/c1-14(20)15-10-12-21(13-11-15)19(23)5-3-4-18(22)16-6-8-17(24-2)9-7-16;/h6-9,14-15H,3-5,10-13,20H2,1-2H3;1H. The summed E-state index contributed by atoms with van der Waals surface area (Å²) in [5.41, 5.74) is 6.59. The van der Waals surface area contributed by atoms with Crippen molar-refractivity contribution in [3.05, 3.63) is 29.8 Å². The van der Waals surface area contributed by atoms with Gasteiger partial charge in [-0.3, -0.25) is 9.59 Å². The molecule has 0 saturated carbocycles. The molecule has 1 aliphatic rings. The molecule has 5 nitrogen and oxygen atoms in total. The van der Waals surface area contributed by atoms with E-state index in [1.807, 2.05) is 11.8 Å². The molecule has 0 aromatic heterocycles. The molecule has 1 amide bonds. The van der Waals surface area contributed by atoms with E-state index in [-0.39, 0.29) is 30.1 Å². The van der Waals surface area contributed by atoms with Gasteiger partial charge < -0.3 is 15.4 Å². The first kappa shape index (κ1) is 21.5. The number of ketones is 1. The number of carbonyl (C=O) groups excluding carboxylic acids is 2. The second kappa shape index (κ2) is 10.4. The zero-order chi connectivity index (χ0) is 17.5. The zero-order valence-corrected chi connectivity index (χ0v) is 15.9. The van der Waals surface area contributed by atoms with Crippen LogP contribution in [0.2, 0.25) is 0 Å². The lowest BCUT2D eigenvalue weighted by Crippen LogP contribution is -2.42. The maximum absolute atomic E-state index is 12.2. The van der Waals surface area contributed by atoms with Crippen LogP contribution in [0.25, 0.3) is 0 Å². The average Bonchev–Trinajstić information content (AvgIpc) is 2.61. The van der Waals surface area contributed by atoms with Crippen molar-refractivity contribution >= 4 is 24.1 Å². The number of Topliss-reactive ketones (excluding diaryl/α,β-unsaturated/α-hetero) is 1. The summed E-state index contributed by atoms with van der Waals surface area (Å²) in [6.45, 7) is 3.61. The molecule has 2 N–H and O–H groups in total. The fraction of sp³-hybridized carbons (Fsp3) is 0.579. The van der Waals surface area contributed by atoms with Gasteiger partial charge in [-0.15, -0.1) is 12.4 Å². The molecule has 0 aliphatic carbocycles. The van der Waals surface area contributed by atoms with E-state index in [2.05, 4.69) is 0 Å². The van der Waals surface area contributed by atoms with Crippen molar-refractivity contribution in [2.24, 2.45) is 11.7 Å². The molecule has 1 atom stereocenters. The minimum Gasteiger partial charge on any atom is -0.497 e. The molecule has 1 saturated heterocycles. The number of benzene rings is 1. The van der Waals surface area contributed by atoms with E-state index in [1.54, 1.807) is 31.4 Å². The third-order valence-corrected chi connectivity index (χ3v) is 4.84. The number of nitrogens with zero attached hydrogens (tertiary/aromatic N) is 1. The van der Waals surface area contributed by atoms with E-state index in [1.165, 1.54) is 0 Å². The molecular weight excluding hydrogens is 340 g/mol. The summed E-state index contributed by atoms with van der Waals surface area (Å²) in [5, 5.41) is 0. The lowest BCUT2D eigenvalue weighted by molar-refractivity contribution is -0.132. The minimum atomic E-state index is 0. The Kier molecular flexibility index (Phi) is 8.93. The van der Waals surface area contributed by atoms with Crippen LogP contribution in [0.15, 0.2) is 24.3 Å². The summed E-state index contributed by atoms with van der Waals surface area (Å²) in [4.78, 5) is 26.3. The Morgan fingerprint density at radius 1 is 1.20 bits per heavy atom. The fourth-order valence-corrected chi connectivity index (χ4v) is 3.15. The van der Waals surface area contributed by atoms with Crippen molar-refractivity contribution in [3.63, 3.8) is 0 Å². The summed E-state index contributed by atoms with van der Waals surface area (Å²) >= 11 is 0. The van der Waals surface area contributed by atoms with Crippen molar-refractivity contribution < 1.29 is 14.3 Å². The summed E-state index contributed by atoms with van der Waals surface area (Å²) in [6, 6.07) is 7.29. The van der Waals surface area contributed by atoms with Crippen LogP contribution in [-0.2, 0) is 4.79 Å². The number of piperidine rings is 1. The van der Waals surface area contributed by atoms with Crippen LogP contribution in [0.5, 0.6) is 5.75 Å². The van der Waals surface area contributed by atoms with Crippen LogP contribution in [0.1, 0.15) is 49.4 Å². The second-order valence-corrected chi connectivity index (χ2v) is 6.58. The highest BCUT2D eigenvalue weighted by molar-refractivity contribution is 5.96. The molecule has 6 heteroatoms. The maximum Gasteiger partial charge on any atom is 0.222 e. The van der Waals surface area contributed by atoms with Gasteiger partial charge in [-0.25, -0.2) is 0 Å². The molecule has 0 bridgehead atoms. The number of rotatable bonds is 7. The van der Waals surface area contributed by atoms with Crippen LogP contribution < -0.4 is 10.5 Å². The Balaban J connectivity index is 0.00000312. The van der Waals surface area contributed by atoms with Crippen LogP contribution >= 0.6 is 12.4 Å². The highest BCUT2D eigenvalue weighted by atomic mass is 35.5. The number of ether oxygens (including phenoxy) is 1. The van der Waals surface area contributed by atoms with Gasteiger partial charge in [-0.2, -0.15) is 0 Å². The van der Waals surface area contributed by atoms with E-state index in [0.717, 1.165) is 31.7 Å². The number of halogens is 1. The quantitative estimate of drug-likeness (QED) is 0.751. The summed E-state index contributed by atoms with van der Waals surface area (Å²) in [7, 11) is 1.60. The zero-order valence-electron chi connectivity index (χ0n) is 15.1. The van der Waals surface area contributed by atoms with E-state index < -0.39 is 0 Å². The molecule has 140 valence electrons. The minimum absolute atomic E-state index is 0. The predicted molar refractivity (Wildman–Crippen MR) is 101 cm³/mol. The van der Waals surface area contributed by atoms with E-state index >= 15 is 0 Å². The van der Waals surface area contributed by atoms with Gasteiger partial charge in [0.05, 0.1) is 7.11 Å². The first-order valence-electron chi connectivity index (χ1n) is 8.72. The van der Waals surface area contributed by atoms with Gasteiger partial charge in [0, 0.05) is 37.5 Å². The summed E-state index contributed by atoms with van der Waals surface area (Å²) < 4.78 is 5.08. The number of likely N-dealkylation sites (tertiary alicyclic amines) is 1. The number of carbonyl (C=O) groups is 2. The van der Waals surface area contributed by atoms with E-state index in [4.69, 9.17) is 10.5 Å². The Labute approximate surface area is 156 Å². The lowest BCUT2D eigenvalue weighted by Gasteiger charge is -2.33. The first-order chi connectivity index (χ1) is 11.5. The van der Waals surface area contributed by atoms with Crippen LogP contribution in [-0.4, -0.2) is 42.8 Å². The van der Waals surface area contributed by atoms with Gasteiger partial charge in [0.15, 0.2) is 5.78 Å². The van der Waals surface area contributed by atoms with Gasteiger partial charge >= 0.3 is 0 Å². The maximum atomic E-state index is 12.2. The second-order valence-electron chi connectivity index (χ2n) is 6.58. The number of hydrogen-bond acceptors (Lipinski definition) is 4. The SMILES string of the molecule is COc1ccc(C(=O)CCCC(=O)N2CCC(C(C)N)CC2)cc1.Cl. The van der Waals surface area contributed by atoms with Crippen molar-refractivity contribution in [1.82, 2.24) is 4.90 Å². The smallest absolute Gasteiger partial charge is 0.222 e. The van der Waals surface area contributed by atoms with Gasteiger partial charge in [-0.05, 0) is 56.4 Å². The third-order valence-electron chi connectivity index (χ3n) is 4.84. The van der Waals surface area contributed by atoms with Gasteiger partial charge in [-0.1, -0.05) is 0 Å². The molecular formula is C19H29ClN2O3. The topological polar surface area (TPSA) is 72.6 Å². The predicted octanol–water partition coefficient (Wildman–Crippen LogP) is 3.06. The van der Waals surface area contributed by atoms with Crippen molar-refractivity contribution in [2.75, 3.05) is 20.2 Å². The van der Waals surface area contributed by atoms with Gasteiger partial charge in [0.25, 0.3) is 0 Å².